The quantitative estimate of drug-likeness (QED) is 0.889. The zero-order chi connectivity index (χ0) is 10.6. The van der Waals surface area contributed by atoms with Crippen molar-refractivity contribution >= 4 is 21.7 Å². The van der Waals surface area contributed by atoms with Gasteiger partial charge in [0.15, 0.2) is 0 Å². The first-order valence-corrected chi connectivity index (χ1v) is 5.81. The van der Waals surface area contributed by atoms with E-state index < -0.39 is 0 Å². The molecule has 0 aliphatic carbocycles. The number of nitrogens with zero attached hydrogens (tertiary/aromatic N) is 1. The fraction of sp³-hybridized carbons (Fsp3) is 0.545. The summed E-state index contributed by atoms with van der Waals surface area (Å²) in [5, 5.41) is 3.39. The molecule has 2 unspecified atom stereocenters. The van der Waals surface area contributed by atoms with E-state index >= 15 is 0 Å². The normalized spacial score (nSPS) is 14.9. The summed E-state index contributed by atoms with van der Waals surface area (Å²) in [6.07, 6.45) is 3.00. The number of aromatic nitrogens is 1. The Hall–Kier alpha value is -0.570. The van der Waals surface area contributed by atoms with Crippen LogP contribution in [-0.4, -0.2) is 11.0 Å². The average Bonchev–Trinajstić information content (AvgIpc) is 2.20. The highest BCUT2D eigenvalue weighted by molar-refractivity contribution is 9.10. The summed E-state index contributed by atoms with van der Waals surface area (Å²) in [6, 6.07) is 4.45. The van der Waals surface area contributed by atoms with Crippen molar-refractivity contribution < 1.29 is 0 Å². The molecule has 78 valence electrons. The maximum atomic E-state index is 4.28. The molecule has 1 N–H and O–H groups in total. The summed E-state index contributed by atoms with van der Waals surface area (Å²) in [5.41, 5.74) is 0. The number of nitrogens with one attached hydrogen (secondary N) is 1. The Morgan fingerprint density at radius 2 is 2.14 bits per heavy atom. The van der Waals surface area contributed by atoms with E-state index in [1.807, 2.05) is 18.3 Å². The summed E-state index contributed by atoms with van der Waals surface area (Å²) in [6.45, 7) is 6.65. The number of hydrogen-bond donors (Lipinski definition) is 1. The predicted molar refractivity (Wildman–Crippen MR) is 64.5 cm³/mol. The monoisotopic (exact) mass is 256 g/mol. The lowest BCUT2D eigenvalue weighted by Crippen LogP contribution is -2.23. The summed E-state index contributed by atoms with van der Waals surface area (Å²) >= 11 is 3.36. The van der Waals surface area contributed by atoms with Crippen LogP contribution in [0.25, 0.3) is 0 Å². The third kappa shape index (κ3) is 3.29. The minimum Gasteiger partial charge on any atom is -0.367 e. The van der Waals surface area contributed by atoms with Gasteiger partial charge in [0.2, 0.25) is 0 Å². The number of hydrogen-bond acceptors (Lipinski definition) is 2. The van der Waals surface area contributed by atoms with Gasteiger partial charge in [-0.3, -0.25) is 0 Å². The van der Waals surface area contributed by atoms with Crippen molar-refractivity contribution in [1.82, 2.24) is 4.98 Å². The predicted octanol–water partition coefficient (Wildman–Crippen LogP) is 3.69. The molecule has 2 atom stereocenters. The number of pyridine rings is 1. The van der Waals surface area contributed by atoms with Crippen LogP contribution in [0.15, 0.2) is 22.8 Å². The molecule has 0 aliphatic heterocycles. The zero-order valence-corrected chi connectivity index (χ0v) is 10.5. The Morgan fingerprint density at radius 3 is 2.64 bits per heavy atom. The van der Waals surface area contributed by atoms with Gasteiger partial charge in [-0.05, 0) is 40.9 Å². The molecule has 14 heavy (non-hydrogen) atoms. The maximum absolute atomic E-state index is 4.28. The number of anilines is 1. The van der Waals surface area contributed by atoms with E-state index in [2.05, 4.69) is 47.0 Å². The van der Waals surface area contributed by atoms with Crippen LogP contribution in [0.4, 0.5) is 5.82 Å². The van der Waals surface area contributed by atoms with Crippen molar-refractivity contribution in [1.29, 1.82) is 0 Å². The first-order valence-electron chi connectivity index (χ1n) is 5.01. The Labute approximate surface area is 94.3 Å². The molecule has 1 aromatic heterocycles. The highest BCUT2D eigenvalue weighted by atomic mass is 79.9. The summed E-state index contributed by atoms with van der Waals surface area (Å²) in [4.78, 5) is 4.28. The second kappa shape index (κ2) is 5.35. The minimum atomic E-state index is 0.466. The van der Waals surface area contributed by atoms with Crippen LogP contribution in [-0.2, 0) is 0 Å². The third-order valence-corrected chi connectivity index (χ3v) is 3.07. The first kappa shape index (κ1) is 11.5. The fourth-order valence-electron chi connectivity index (χ4n) is 1.19. The third-order valence-electron chi connectivity index (χ3n) is 2.60. The maximum Gasteiger partial charge on any atom is 0.126 e. The van der Waals surface area contributed by atoms with Crippen molar-refractivity contribution in [3.63, 3.8) is 0 Å². The molecule has 3 heteroatoms. The fourth-order valence-corrected chi connectivity index (χ4v) is 1.42. The van der Waals surface area contributed by atoms with Crippen LogP contribution in [0.3, 0.4) is 0 Å². The highest BCUT2D eigenvalue weighted by Crippen LogP contribution is 2.15. The van der Waals surface area contributed by atoms with E-state index in [0.29, 0.717) is 12.0 Å². The molecule has 0 bridgehead atoms. The molecular formula is C11H17BrN2. The largest absolute Gasteiger partial charge is 0.367 e. The molecule has 0 aliphatic rings. The second-order valence-corrected chi connectivity index (χ2v) is 4.60. The van der Waals surface area contributed by atoms with E-state index in [4.69, 9.17) is 0 Å². The zero-order valence-electron chi connectivity index (χ0n) is 8.92. The molecule has 1 rings (SSSR count). The van der Waals surface area contributed by atoms with Gasteiger partial charge in [0.1, 0.15) is 5.82 Å². The van der Waals surface area contributed by atoms with Gasteiger partial charge in [-0.1, -0.05) is 20.3 Å². The standard InChI is InChI=1S/C11H17BrN2/c1-4-8(2)9(3)14-11-6-5-10(12)7-13-11/h5-9H,4H2,1-3H3,(H,13,14). The van der Waals surface area contributed by atoms with Crippen LogP contribution in [0.2, 0.25) is 0 Å². The lowest BCUT2D eigenvalue weighted by atomic mass is 10.0. The molecule has 0 radical (unpaired) electrons. The van der Waals surface area contributed by atoms with Gasteiger partial charge in [-0.25, -0.2) is 4.98 Å². The van der Waals surface area contributed by atoms with Crippen LogP contribution < -0.4 is 5.32 Å². The number of halogens is 1. The van der Waals surface area contributed by atoms with Gasteiger partial charge in [0.25, 0.3) is 0 Å². The molecule has 0 aromatic carbocycles. The van der Waals surface area contributed by atoms with Crippen molar-refractivity contribution in [2.24, 2.45) is 5.92 Å². The van der Waals surface area contributed by atoms with Gasteiger partial charge in [-0.15, -0.1) is 0 Å². The molecule has 0 spiro atoms. The Balaban J connectivity index is 2.56. The molecule has 0 saturated carbocycles. The lowest BCUT2D eigenvalue weighted by molar-refractivity contribution is 0.493. The van der Waals surface area contributed by atoms with E-state index in [1.165, 1.54) is 6.42 Å². The van der Waals surface area contributed by atoms with Gasteiger partial charge in [0.05, 0.1) is 0 Å². The Morgan fingerprint density at radius 1 is 1.43 bits per heavy atom. The highest BCUT2D eigenvalue weighted by Gasteiger charge is 2.09. The van der Waals surface area contributed by atoms with Crippen LogP contribution >= 0.6 is 15.9 Å². The summed E-state index contributed by atoms with van der Waals surface area (Å²) in [7, 11) is 0. The smallest absolute Gasteiger partial charge is 0.126 e. The Bertz CT molecular complexity index is 271. The minimum absolute atomic E-state index is 0.466. The van der Waals surface area contributed by atoms with Crippen LogP contribution in [0, 0.1) is 5.92 Å². The molecule has 1 heterocycles. The molecule has 0 amide bonds. The van der Waals surface area contributed by atoms with Gasteiger partial charge in [0, 0.05) is 16.7 Å². The summed E-state index contributed by atoms with van der Waals surface area (Å²) < 4.78 is 1.01. The average molecular weight is 257 g/mol. The van der Waals surface area contributed by atoms with Crippen LogP contribution in [0.5, 0.6) is 0 Å². The van der Waals surface area contributed by atoms with Crippen molar-refractivity contribution in [2.75, 3.05) is 5.32 Å². The molecule has 0 fully saturated rings. The number of rotatable bonds is 4. The topological polar surface area (TPSA) is 24.9 Å². The van der Waals surface area contributed by atoms with Crippen molar-refractivity contribution in [2.45, 2.75) is 33.2 Å². The Kier molecular flexibility index (Phi) is 4.39. The summed E-state index contributed by atoms with van der Waals surface area (Å²) in [5.74, 6) is 1.61. The van der Waals surface area contributed by atoms with Gasteiger partial charge in [-0.2, -0.15) is 0 Å². The van der Waals surface area contributed by atoms with Crippen molar-refractivity contribution in [3.05, 3.63) is 22.8 Å². The van der Waals surface area contributed by atoms with Gasteiger partial charge >= 0.3 is 0 Å². The van der Waals surface area contributed by atoms with E-state index in [9.17, 15) is 0 Å². The van der Waals surface area contributed by atoms with Gasteiger partial charge < -0.3 is 5.32 Å². The van der Waals surface area contributed by atoms with Crippen molar-refractivity contribution in [3.8, 4) is 0 Å². The van der Waals surface area contributed by atoms with Crippen LogP contribution in [0.1, 0.15) is 27.2 Å². The van der Waals surface area contributed by atoms with E-state index in [-0.39, 0.29) is 0 Å². The van der Waals surface area contributed by atoms with E-state index in [1.54, 1.807) is 0 Å². The SMILES string of the molecule is CCC(C)C(C)Nc1ccc(Br)cn1. The molecule has 1 aromatic rings. The van der Waals surface area contributed by atoms with E-state index in [0.717, 1.165) is 10.3 Å². The lowest BCUT2D eigenvalue weighted by Gasteiger charge is -2.20. The molecule has 0 saturated heterocycles. The molecule has 2 nitrogen and oxygen atoms in total. The molecular weight excluding hydrogens is 240 g/mol. The second-order valence-electron chi connectivity index (χ2n) is 3.68. The first-order chi connectivity index (χ1) is 6.63.